The second-order valence-electron chi connectivity index (χ2n) is 9.29. The number of rotatable bonds is 13. The van der Waals surface area contributed by atoms with Gasteiger partial charge in [-0.2, -0.15) is 5.10 Å². The van der Waals surface area contributed by atoms with Crippen molar-refractivity contribution in [3.05, 3.63) is 31.1 Å². The van der Waals surface area contributed by atoms with E-state index < -0.39 is 0 Å². The van der Waals surface area contributed by atoms with E-state index in [4.69, 9.17) is 25.0 Å². The Labute approximate surface area is 223 Å². The minimum atomic E-state index is 0.0880. The fourth-order valence-corrected chi connectivity index (χ4v) is 4.84. The number of ether oxygens (including phenoxy) is 3. The lowest BCUT2D eigenvalue weighted by Gasteiger charge is -2.34. The molecular formula is C27H37N7O4. The number of anilines is 1. The Bertz CT molecular complexity index is 1240. The average molecular weight is 524 g/mol. The summed E-state index contributed by atoms with van der Waals surface area (Å²) in [4.78, 5) is 24.9. The molecule has 2 aromatic heterocycles. The number of methoxy groups -OCH3 is 3. The standard InChI is InChI=1S/C27H37N7O4/c1-5-20(35)17-33-13-11-32(12-14-33)9-7-6-8-10-34-27-23(26(28)29-18-30-27)24(31-34)19-15-21(36-2)25(38-4)22(16-19)37-3/h5,15-16,18H,1,6-14,17H2,2-4H3,(H2,28,29,30). The summed E-state index contributed by atoms with van der Waals surface area (Å²) >= 11 is 0. The van der Waals surface area contributed by atoms with Crippen LogP contribution in [0, 0.1) is 0 Å². The highest BCUT2D eigenvalue weighted by Gasteiger charge is 2.21. The van der Waals surface area contributed by atoms with E-state index >= 15 is 0 Å². The Morgan fingerprint density at radius 1 is 0.974 bits per heavy atom. The zero-order valence-electron chi connectivity index (χ0n) is 22.5. The van der Waals surface area contributed by atoms with E-state index in [1.165, 1.54) is 12.4 Å². The minimum absolute atomic E-state index is 0.0880. The van der Waals surface area contributed by atoms with Gasteiger partial charge in [0, 0.05) is 38.3 Å². The Balaban J connectivity index is 1.40. The van der Waals surface area contributed by atoms with E-state index in [-0.39, 0.29) is 5.78 Å². The van der Waals surface area contributed by atoms with E-state index in [1.807, 2.05) is 16.8 Å². The third-order valence-corrected chi connectivity index (χ3v) is 6.91. The van der Waals surface area contributed by atoms with Crippen LogP contribution in [-0.2, 0) is 11.3 Å². The topological polar surface area (TPSA) is 121 Å². The van der Waals surface area contributed by atoms with E-state index in [0.29, 0.717) is 46.3 Å². The number of benzene rings is 1. The van der Waals surface area contributed by atoms with E-state index in [0.717, 1.165) is 64.1 Å². The van der Waals surface area contributed by atoms with Gasteiger partial charge in [-0.25, -0.2) is 14.6 Å². The Morgan fingerprint density at radius 3 is 2.26 bits per heavy atom. The summed E-state index contributed by atoms with van der Waals surface area (Å²) in [6, 6.07) is 3.71. The van der Waals surface area contributed by atoms with Crippen molar-refractivity contribution in [1.29, 1.82) is 0 Å². The molecule has 0 atom stereocenters. The number of nitrogen functional groups attached to an aromatic ring is 1. The van der Waals surface area contributed by atoms with Crippen LogP contribution in [0.3, 0.4) is 0 Å². The Kier molecular flexibility index (Phi) is 9.14. The second kappa shape index (κ2) is 12.7. The van der Waals surface area contributed by atoms with Crippen molar-refractivity contribution in [2.24, 2.45) is 0 Å². The summed E-state index contributed by atoms with van der Waals surface area (Å²) in [5.74, 6) is 2.04. The summed E-state index contributed by atoms with van der Waals surface area (Å²) in [6.07, 6.45) is 6.00. The van der Waals surface area contributed by atoms with Crippen molar-refractivity contribution in [3.8, 4) is 28.5 Å². The number of nitrogens with zero attached hydrogens (tertiary/aromatic N) is 6. The summed E-state index contributed by atoms with van der Waals surface area (Å²) < 4.78 is 18.4. The normalized spacial score (nSPS) is 14.5. The van der Waals surface area contributed by atoms with Crippen LogP contribution >= 0.6 is 0 Å². The zero-order chi connectivity index (χ0) is 27.1. The van der Waals surface area contributed by atoms with Crippen LogP contribution in [-0.4, -0.2) is 95.9 Å². The molecule has 0 aliphatic carbocycles. The number of nitrogens with two attached hydrogens (primary N) is 1. The number of ketones is 1. The maximum Gasteiger partial charge on any atom is 0.203 e. The number of fused-ring (bicyclic) bond motifs is 1. The number of carbonyl (C=O) groups excluding carboxylic acids is 1. The second-order valence-corrected chi connectivity index (χ2v) is 9.29. The minimum Gasteiger partial charge on any atom is -0.493 e. The molecule has 4 rings (SSSR count). The van der Waals surface area contributed by atoms with Gasteiger partial charge in [0.1, 0.15) is 17.8 Å². The van der Waals surface area contributed by atoms with Gasteiger partial charge in [-0.1, -0.05) is 13.0 Å². The van der Waals surface area contributed by atoms with Gasteiger partial charge in [0.05, 0.1) is 33.3 Å². The molecule has 0 bridgehead atoms. The third kappa shape index (κ3) is 6.05. The quantitative estimate of drug-likeness (QED) is 0.264. The predicted octanol–water partition coefficient (Wildman–Crippen LogP) is 2.64. The summed E-state index contributed by atoms with van der Waals surface area (Å²) in [5.41, 5.74) is 8.43. The van der Waals surface area contributed by atoms with Crippen molar-refractivity contribution >= 4 is 22.6 Å². The van der Waals surface area contributed by atoms with Crippen molar-refractivity contribution in [3.63, 3.8) is 0 Å². The first kappa shape index (κ1) is 27.3. The van der Waals surface area contributed by atoms with Crippen molar-refractivity contribution < 1.29 is 19.0 Å². The lowest BCUT2D eigenvalue weighted by Crippen LogP contribution is -2.47. The maximum atomic E-state index is 11.6. The SMILES string of the molecule is C=CC(=O)CN1CCN(CCCCCn2nc(-c3cc(OC)c(OC)c(OC)c3)c3c(N)ncnc32)CC1. The molecule has 0 amide bonds. The lowest BCUT2D eigenvalue weighted by atomic mass is 10.1. The molecule has 1 fully saturated rings. The number of aromatic nitrogens is 4. The van der Waals surface area contributed by atoms with Crippen LogP contribution in [0.15, 0.2) is 31.1 Å². The van der Waals surface area contributed by atoms with Gasteiger partial charge in [-0.15, -0.1) is 0 Å². The van der Waals surface area contributed by atoms with Crippen molar-refractivity contribution in [1.82, 2.24) is 29.5 Å². The monoisotopic (exact) mass is 523 g/mol. The highest BCUT2D eigenvalue weighted by atomic mass is 16.5. The lowest BCUT2D eigenvalue weighted by molar-refractivity contribution is -0.116. The Morgan fingerprint density at radius 2 is 1.63 bits per heavy atom. The summed E-state index contributed by atoms with van der Waals surface area (Å²) in [7, 11) is 4.74. The van der Waals surface area contributed by atoms with Gasteiger partial charge >= 0.3 is 0 Å². The van der Waals surface area contributed by atoms with Crippen LogP contribution in [0.2, 0.25) is 0 Å². The van der Waals surface area contributed by atoms with Crippen LogP contribution < -0.4 is 19.9 Å². The molecule has 38 heavy (non-hydrogen) atoms. The summed E-state index contributed by atoms with van der Waals surface area (Å²) in [5, 5.41) is 5.59. The smallest absolute Gasteiger partial charge is 0.203 e. The first-order valence-corrected chi connectivity index (χ1v) is 12.9. The molecule has 1 aromatic carbocycles. The first-order chi connectivity index (χ1) is 18.5. The molecule has 0 unspecified atom stereocenters. The van der Waals surface area contributed by atoms with Crippen LogP contribution in [0.1, 0.15) is 19.3 Å². The van der Waals surface area contributed by atoms with Crippen LogP contribution in [0.25, 0.3) is 22.3 Å². The van der Waals surface area contributed by atoms with Crippen LogP contribution in [0.4, 0.5) is 5.82 Å². The van der Waals surface area contributed by atoms with Crippen molar-refractivity contribution in [2.45, 2.75) is 25.8 Å². The van der Waals surface area contributed by atoms with Gasteiger partial charge < -0.3 is 24.8 Å². The van der Waals surface area contributed by atoms with Crippen LogP contribution in [0.5, 0.6) is 17.2 Å². The largest absolute Gasteiger partial charge is 0.493 e. The number of aryl methyl sites for hydroxylation is 1. The summed E-state index contributed by atoms with van der Waals surface area (Å²) in [6.45, 7) is 9.62. The molecule has 11 nitrogen and oxygen atoms in total. The number of unbranched alkanes of at least 4 members (excludes halogenated alkanes) is 2. The zero-order valence-corrected chi connectivity index (χ0v) is 22.5. The fraction of sp³-hybridized carbons (Fsp3) is 0.481. The average Bonchev–Trinajstić information content (AvgIpc) is 3.32. The van der Waals surface area contributed by atoms with Crippen molar-refractivity contribution in [2.75, 3.05) is 66.3 Å². The molecule has 3 heterocycles. The van der Waals surface area contributed by atoms with Gasteiger partial charge in [-0.3, -0.25) is 9.69 Å². The van der Waals surface area contributed by atoms with Gasteiger partial charge in [0.25, 0.3) is 0 Å². The van der Waals surface area contributed by atoms with Gasteiger partial charge in [0.2, 0.25) is 5.75 Å². The first-order valence-electron chi connectivity index (χ1n) is 12.9. The Hall–Kier alpha value is -3.70. The molecule has 11 heteroatoms. The van der Waals surface area contributed by atoms with E-state index in [9.17, 15) is 4.79 Å². The molecule has 1 aliphatic heterocycles. The fourth-order valence-electron chi connectivity index (χ4n) is 4.84. The molecule has 0 saturated carbocycles. The molecule has 204 valence electrons. The molecule has 3 aromatic rings. The molecule has 0 radical (unpaired) electrons. The molecule has 2 N–H and O–H groups in total. The molecular weight excluding hydrogens is 486 g/mol. The maximum absolute atomic E-state index is 11.6. The molecule has 1 aliphatic rings. The van der Waals surface area contributed by atoms with Gasteiger partial charge in [-0.05, 0) is 37.6 Å². The molecule has 0 spiro atoms. The highest BCUT2D eigenvalue weighted by Crippen LogP contribution is 2.42. The number of carbonyl (C=O) groups is 1. The predicted molar refractivity (Wildman–Crippen MR) is 147 cm³/mol. The highest BCUT2D eigenvalue weighted by molar-refractivity contribution is 5.98. The number of piperazine rings is 1. The third-order valence-electron chi connectivity index (χ3n) is 6.91. The van der Waals surface area contributed by atoms with E-state index in [2.05, 4.69) is 26.3 Å². The number of hydrogen-bond donors (Lipinski definition) is 1. The van der Waals surface area contributed by atoms with Gasteiger partial charge in [0.15, 0.2) is 22.9 Å². The van der Waals surface area contributed by atoms with E-state index in [1.54, 1.807) is 21.3 Å². The number of hydrogen-bond acceptors (Lipinski definition) is 10. The molecule has 1 saturated heterocycles.